The highest BCUT2D eigenvalue weighted by atomic mass is 79.9. The van der Waals surface area contributed by atoms with Crippen LogP contribution >= 0.6 is 15.9 Å². The first-order chi connectivity index (χ1) is 7.24. The molecule has 1 fully saturated rings. The number of aromatic nitrogens is 2. The van der Waals surface area contributed by atoms with E-state index in [1.165, 1.54) is 23.7 Å². The van der Waals surface area contributed by atoms with Gasteiger partial charge in [-0.3, -0.25) is 4.68 Å². The normalized spacial score (nSPS) is 16.1. The molecule has 0 unspecified atom stereocenters. The smallest absolute Gasteiger partial charge is 0.0696 e. The molecule has 15 heavy (non-hydrogen) atoms. The van der Waals surface area contributed by atoms with Crippen molar-refractivity contribution in [3.05, 3.63) is 28.4 Å². The van der Waals surface area contributed by atoms with Gasteiger partial charge in [0.15, 0.2) is 0 Å². The van der Waals surface area contributed by atoms with Crippen molar-refractivity contribution in [1.82, 2.24) is 9.78 Å². The van der Waals surface area contributed by atoms with Gasteiger partial charge in [-0.15, -0.1) is 0 Å². The Labute approximate surface area is 97.4 Å². The molecule has 1 aliphatic carbocycles. The van der Waals surface area contributed by atoms with Crippen molar-refractivity contribution in [2.24, 2.45) is 5.92 Å². The number of hydrogen-bond acceptors (Lipinski definition) is 1. The molecule has 0 atom stereocenters. The summed E-state index contributed by atoms with van der Waals surface area (Å²) in [7, 11) is 0. The number of halogens is 1. The highest BCUT2D eigenvalue weighted by Gasteiger charge is 2.23. The van der Waals surface area contributed by atoms with Gasteiger partial charge in [0.2, 0.25) is 0 Å². The van der Waals surface area contributed by atoms with Gasteiger partial charge in [-0.25, -0.2) is 0 Å². The monoisotopic (exact) mass is 264 g/mol. The largest absolute Gasteiger partial charge is 0.264 e. The number of hydrogen-bond donors (Lipinski definition) is 0. The van der Waals surface area contributed by atoms with Crippen molar-refractivity contribution in [3.8, 4) is 0 Å². The molecule has 2 nitrogen and oxygen atoms in total. The van der Waals surface area contributed by atoms with E-state index in [4.69, 9.17) is 0 Å². The topological polar surface area (TPSA) is 17.8 Å². The lowest BCUT2D eigenvalue weighted by atomic mass is 10.2. The van der Waals surface area contributed by atoms with Gasteiger partial charge in [0, 0.05) is 16.4 Å². The zero-order chi connectivity index (χ0) is 10.4. The van der Waals surface area contributed by atoms with Crippen LogP contribution in [0.15, 0.2) is 22.7 Å². The Morgan fingerprint density at radius 3 is 3.00 bits per heavy atom. The summed E-state index contributed by atoms with van der Waals surface area (Å²) < 4.78 is 3.29. The van der Waals surface area contributed by atoms with Gasteiger partial charge in [-0.2, -0.15) is 5.10 Å². The van der Waals surface area contributed by atoms with Gasteiger partial charge >= 0.3 is 0 Å². The third kappa shape index (κ3) is 1.69. The molecular weight excluding hydrogens is 252 g/mol. The number of nitrogens with zero attached hydrogens (tertiary/aromatic N) is 2. The van der Waals surface area contributed by atoms with Gasteiger partial charge < -0.3 is 0 Å². The lowest BCUT2D eigenvalue weighted by molar-refractivity contribution is 0.576. The molecule has 0 radical (unpaired) electrons. The molecule has 0 amide bonds. The van der Waals surface area contributed by atoms with E-state index in [1.54, 1.807) is 0 Å². The first-order valence-corrected chi connectivity index (χ1v) is 6.16. The first kappa shape index (κ1) is 9.40. The summed E-state index contributed by atoms with van der Waals surface area (Å²) in [5, 5.41) is 5.88. The average Bonchev–Trinajstić information content (AvgIpc) is 2.95. The van der Waals surface area contributed by atoms with Crippen LogP contribution in [0.5, 0.6) is 0 Å². The van der Waals surface area contributed by atoms with E-state index in [0.717, 1.165) is 22.6 Å². The minimum absolute atomic E-state index is 0.867. The number of rotatable bonds is 2. The van der Waals surface area contributed by atoms with Gasteiger partial charge in [-0.1, -0.05) is 15.9 Å². The van der Waals surface area contributed by atoms with Crippen molar-refractivity contribution < 1.29 is 0 Å². The fourth-order valence-corrected chi connectivity index (χ4v) is 2.35. The van der Waals surface area contributed by atoms with Crippen molar-refractivity contribution in [2.45, 2.75) is 26.3 Å². The van der Waals surface area contributed by atoms with Gasteiger partial charge in [0.25, 0.3) is 0 Å². The standard InChI is InChI=1S/C12H13BrN2/c1-8-11-5-4-10(13)6-12(11)15(14-8)7-9-2-3-9/h4-6,9H,2-3,7H2,1H3. The van der Waals surface area contributed by atoms with E-state index < -0.39 is 0 Å². The van der Waals surface area contributed by atoms with E-state index in [2.05, 4.69) is 50.8 Å². The molecule has 3 heteroatoms. The van der Waals surface area contributed by atoms with Crippen LogP contribution in [0.1, 0.15) is 18.5 Å². The molecular formula is C12H13BrN2. The highest BCUT2D eigenvalue weighted by Crippen LogP contribution is 2.32. The summed E-state index contributed by atoms with van der Waals surface area (Å²) in [4.78, 5) is 0. The molecule has 0 aliphatic heterocycles. The predicted octanol–water partition coefficient (Wildman–Crippen LogP) is 3.52. The van der Waals surface area contributed by atoms with E-state index in [0.29, 0.717) is 0 Å². The second-order valence-electron chi connectivity index (χ2n) is 4.37. The second kappa shape index (κ2) is 3.34. The Morgan fingerprint density at radius 1 is 1.47 bits per heavy atom. The molecule has 0 saturated heterocycles. The Balaban J connectivity index is 2.14. The zero-order valence-electron chi connectivity index (χ0n) is 8.70. The molecule has 1 heterocycles. The Bertz CT molecular complexity index is 512. The summed E-state index contributed by atoms with van der Waals surface area (Å²) in [5.74, 6) is 0.867. The number of aryl methyl sites for hydroxylation is 1. The summed E-state index contributed by atoms with van der Waals surface area (Å²) in [6, 6.07) is 6.39. The molecule has 78 valence electrons. The van der Waals surface area contributed by atoms with E-state index in [1.807, 2.05) is 0 Å². The summed E-state index contributed by atoms with van der Waals surface area (Å²) in [6.45, 7) is 3.17. The van der Waals surface area contributed by atoms with Crippen LogP contribution in [0.25, 0.3) is 10.9 Å². The maximum Gasteiger partial charge on any atom is 0.0696 e. The molecule has 2 aromatic rings. The minimum Gasteiger partial charge on any atom is -0.264 e. The summed E-state index contributed by atoms with van der Waals surface area (Å²) in [6.07, 6.45) is 2.74. The third-order valence-corrected chi connectivity index (χ3v) is 3.52. The van der Waals surface area contributed by atoms with Crippen LogP contribution < -0.4 is 0 Å². The van der Waals surface area contributed by atoms with Crippen LogP contribution in [-0.2, 0) is 6.54 Å². The summed E-state index contributed by atoms with van der Waals surface area (Å²) >= 11 is 3.52. The molecule has 0 bridgehead atoms. The van der Waals surface area contributed by atoms with Crippen molar-refractivity contribution >= 4 is 26.8 Å². The fraction of sp³-hybridized carbons (Fsp3) is 0.417. The second-order valence-corrected chi connectivity index (χ2v) is 5.29. The SMILES string of the molecule is Cc1nn(CC2CC2)c2cc(Br)ccc12. The fourth-order valence-electron chi connectivity index (χ4n) is 2.00. The first-order valence-electron chi connectivity index (χ1n) is 5.37. The van der Waals surface area contributed by atoms with E-state index in [9.17, 15) is 0 Å². The van der Waals surface area contributed by atoms with Crippen molar-refractivity contribution in [3.63, 3.8) is 0 Å². The predicted molar refractivity (Wildman–Crippen MR) is 64.9 cm³/mol. The van der Waals surface area contributed by atoms with Crippen LogP contribution in [0, 0.1) is 12.8 Å². The van der Waals surface area contributed by atoms with E-state index >= 15 is 0 Å². The summed E-state index contributed by atoms with van der Waals surface area (Å²) in [5.41, 5.74) is 2.40. The Morgan fingerprint density at radius 2 is 2.27 bits per heavy atom. The number of benzene rings is 1. The average molecular weight is 265 g/mol. The molecule has 1 aromatic heterocycles. The third-order valence-electron chi connectivity index (χ3n) is 3.03. The van der Waals surface area contributed by atoms with Crippen LogP contribution in [0.4, 0.5) is 0 Å². The Kier molecular flexibility index (Phi) is 2.09. The molecule has 0 spiro atoms. The van der Waals surface area contributed by atoms with Crippen molar-refractivity contribution in [1.29, 1.82) is 0 Å². The lowest BCUT2D eigenvalue weighted by Gasteiger charge is -2.01. The highest BCUT2D eigenvalue weighted by molar-refractivity contribution is 9.10. The minimum atomic E-state index is 0.867. The molecule has 0 N–H and O–H groups in total. The molecule has 3 rings (SSSR count). The maximum absolute atomic E-state index is 4.61. The van der Waals surface area contributed by atoms with E-state index in [-0.39, 0.29) is 0 Å². The molecule has 1 aromatic carbocycles. The number of fused-ring (bicyclic) bond motifs is 1. The molecule has 1 saturated carbocycles. The molecule has 1 aliphatic rings. The van der Waals surface area contributed by atoms with Gasteiger partial charge in [0.1, 0.15) is 0 Å². The van der Waals surface area contributed by atoms with Crippen molar-refractivity contribution in [2.75, 3.05) is 0 Å². The van der Waals surface area contributed by atoms with Gasteiger partial charge in [-0.05, 0) is 43.9 Å². The van der Waals surface area contributed by atoms with Gasteiger partial charge in [0.05, 0.1) is 11.2 Å². The van der Waals surface area contributed by atoms with Crippen LogP contribution in [0.3, 0.4) is 0 Å². The zero-order valence-corrected chi connectivity index (χ0v) is 10.3. The quantitative estimate of drug-likeness (QED) is 0.812. The van der Waals surface area contributed by atoms with Crippen LogP contribution in [-0.4, -0.2) is 9.78 Å². The lowest BCUT2D eigenvalue weighted by Crippen LogP contribution is -2.01. The Hall–Kier alpha value is -0.830. The maximum atomic E-state index is 4.61. The van der Waals surface area contributed by atoms with Crippen LogP contribution in [0.2, 0.25) is 0 Å².